The number of piperidine rings is 1. The monoisotopic (exact) mass is 483 g/mol. The lowest BCUT2D eigenvalue weighted by atomic mass is 9.73. The lowest BCUT2D eigenvalue weighted by Gasteiger charge is -2.41. The van der Waals surface area contributed by atoms with Crippen molar-refractivity contribution in [3.8, 4) is 0 Å². The van der Waals surface area contributed by atoms with Gasteiger partial charge in [0.2, 0.25) is 10.0 Å². The Bertz CT molecular complexity index is 988. The summed E-state index contributed by atoms with van der Waals surface area (Å²) >= 11 is 12.3. The first-order valence-corrected chi connectivity index (χ1v) is 12.8. The van der Waals surface area contributed by atoms with E-state index in [1.165, 1.54) is 0 Å². The number of carbonyl (C=O) groups is 1. The molecule has 0 radical (unpaired) electrons. The Morgan fingerprint density at radius 1 is 1.13 bits per heavy atom. The van der Waals surface area contributed by atoms with Crippen molar-refractivity contribution >= 4 is 39.1 Å². The van der Waals surface area contributed by atoms with E-state index in [1.807, 2.05) is 25.1 Å². The first-order valence-electron chi connectivity index (χ1n) is 10.4. The van der Waals surface area contributed by atoms with Crippen LogP contribution in [0, 0.1) is 0 Å². The molecule has 9 heteroatoms. The van der Waals surface area contributed by atoms with Crippen molar-refractivity contribution in [2.24, 2.45) is 0 Å². The Hall–Kier alpha value is -1.67. The summed E-state index contributed by atoms with van der Waals surface area (Å²) in [4.78, 5) is 17.2. The highest BCUT2D eigenvalue weighted by Crippen LogP contribution is 2.38. The molecule has 0 unspecified atom stereocenters. The predicted molar refractivity (Wildman–Crippen MR) is 124 cm³/mol. The molecular weight excluding hydrogens is 457 g/mol. The van der Waals surface area contributed by atoms with Crippen LogP contribution in [0.3, 0.4) is 0 Å². The molecule has 0 spiro atoms. The fourth-order valence-corrected chi connectivity index (χ4v) is 6.19. The second-order valence-corrected chi connectivity index (χ2v) is 10.7. The van der Waals surface area contributed by atoms with Gasteiger partial charge in [-0.05, 0) is 49.9 Å². The lowest BCUT2D eigenvalue weighted by Crippen LogP contribution is -2.47. The third-order valence-electron chi connectivity index (χ3n) is 5.82. The number of hydrogen-bond donors (Lipinski definition) is 1. The molecule has 168 valence electrons. The number of halogens is 2. The van der Waals surface area contributed by atoms with Gasteiger partial charge in [-0.2, -0.15) is 0 Å². The van der Waals surface area contributed by atoms with Gasteiger partial charge in [-0.1, -0.05) is 42.3 Å². The van der Waals surface area contributed by atoms with Crippen LogP contribution in [0.25, 0.3) is 0 Å². The number of rotatable bonds is 8. The molecule has 0 saturated carbocycles. The summed E-state index contributed by atoms with van der Waals surface area (Å²) < 4.78 is 26.6. The fraction of sp³-hybridized carbons (Fsp3) is 0.455. The summed E-state index contributed by atoms with van der Waals surface area (Å²) in [6, 6.07) is 10.7. The van der Waals surface area contributed by atoms with Gasteiger partial charge in [0.15, 0.2) is 0 Å². The second kappa shape index (κ2) is 10.3. The number of amides is 1. The van der Waals surface area contributed by atoms with Gasteiger partial charge >= 0.3 is 0 Å². The SMILES string of the molecule is CCCS(=O)(=O)N1CCC(CCNC(=O)c2c(Cl)cccc2Cl)(c2ccccn2)CC1. The first-order chi connectivity index (χ1) is 14.8. The molecule has 6 nitrogen and oxygen atoms in total. The lowest BCUT2D eigenvalue weighted by molar-refractivity contribution is 0.0947. The minimum absolute atomic E-state index is 0.165. The van der Waals surface area contributed by atoms with Crippen LogP contribution in [0.4, 0.5) is 0 Å². The van der Waals surface area contributed by atoms with Gasteiger partial charge < -0.3 is 5.32 Å². The van der Waals surface area contributed by atoms with Crippen LogP contribution < -0.4 is 5.32 Å². The maximum Gasteiger partial charge on any atom is 0.254 e. The highest BCUT2D eigenvalue weighted by molar-refractivity contribution is 7.89. The number of aromatic nitrogens is 1. The molecule has 2 heterocycles. The maximum atomic E-state index is 12.6. The quantitative estimate of drug-likeness (QED) is 0.607. The first kappa shape index (κ1) is 24.0. The van der Waals surface area contributed by atoms with Gasteiger partial charge in [0.05, 0.1) is 21.4 Å². The van der Waals surface area contributed by atoms with Crippen molar-refractivity contribution in [2.75, 3.05) is 25.4 Å². The standard InChI is InChI=1S/C22H27Cl2N3O3S/c1-2-16-31(29,30)27-14-10-22(11-15-27,19-8-3-4-12-25-19)9-13-26-21(28)20-17(23)6-5-7-18(20)24/h3-8,12H,2,9-11,13-16H2,1H3,(H,26,28). The zero-order valence-electron chi connectivity index (χ0n) is 17.5. The van der Waals surface area contributed by atoms with E-state index in [9.17, 15) is 13.2 Å². The van der Waals surface area contributed by atoms with Crippen molar-refractivity contribution in [3.63, 3.8) is 0 Å². The molecule has 1 saturated heterocycles. The molecule has 0 bridgehead atoms. The summed E-state index contributed by atoms with van der Waals surface area (Å²) in [6.45, 7) is 3.17. The molecule has 1 aliphatic rings. The van der Waals surface area contributed by atoms with Crippen molar-refractivity contribution < 1.29 is 13.2 Å². The van der Waals surface area contributed by atoms with Crippen molar-refractivity contribution in [1.82, 2.24) is 14.6 Å². The van der Waals surface area contributed by atoms with E-state index in [0.717, 1.165) is 5.69 Å². The average molecular weight is 484 g/mol. The van der Waals surface area contributed by atoms with E-state index in [0.29, 0.717) is 55.4 Å². The number of carbonyl (C=O) groups excluding carboxylic acids is 1. The summed E-state index contributed by atoms with van der Waals surface area (Å²) in [7, 11) is -3.23. The zero-order valence-corrected chi connectivity index (χ0v) is 19.8. The molecule has 1 amide bonds. The highest BCUT2D eigenvalue weighted by atomic mass is 35.5. The molecular formula is C22H27Cl2N3O3S. The number of nitrogens with zero attached hydrogens (tertiary/aromatic N) is 2. The van der Waals surface area contributed by atoms with E-state index in [2.05, 4.69) is 10.3 Å². The summed E-state index contributed by atoms with van der Waals surface area (Å²) in [5.41, 5.74) is 0.877. The van der Waals surface area contributed by atoms with E-state index in [-0.39, 0.29) is 22.6 Å². The summed E-state index contributed by atoms with van der Waals surface area (Å²) in [5.74, 6) is -0.159. The number of pyridine rings is 1. The van der Waals surface area contributed by atoms with Crippen LogP contribution in [0.2, 0.25) is 10.0 Å². The third-order valence-corrected chi connectivity index (χ3v) is 8.53. The zero-order chi connectivity index (χ0) is 22.5. The fourth-order valence-electron chi connectivity index (χ4n) is 4.11. The Morgan fingerprint density at radius 2 is 1.81 bits per heavy atom. The molecule has 1 aromatic heterocycles. The molecule has 1 fully saturated rings. The van der Waals surface area contributed by atoms with Gasteiger partial charge in [0.25, 0.3) is 5.91 Å². The second-order valence-electron chi connectivity index (χ2n) is 7.81. The highest BCUT2D eigenvalue weighted by Gasteiger charge is 2.39. The molecule has 2 aromatic rings. The van der Waals surface area contributed by atoms with Gasteiger partial charge in [0, 0.05) is 36.9 Å². The maximum absolute atomic E-state index is 12.6. The van der Waals surface area contributed by atoms with E-state index in [4.69, 9.17) is 23.2 Å². The molecule has 0 atom stereocenters. The Balaban J connectivity index is 1.72. The summed E-state index contributed by atoms with van der Waals surface area (Å²) in [6.07, 6.45) is 4.28. The average Bonchev–Trinajstić information content (AvgIpc) is 2.74. The van der Waals surface area contributed by atoms with Crippen molar-refractivity contribution in [3.05, 3.63) is 63.9 Å². The number of benzene rings is 1. The van der Waals surface area contributed by atoms with Crippen molar-refractivity contribution in [1.29, 1.82) is 0 Å². The van der Waals surface area contributed by atoms with Crippen LogP contribution in [0.5, 0.6) is 0 Å². The van der Waals surface area contributed by atoms with E-state index in [1.54, 1.807) is 28.7 Å². The van der Waals surface area contributed by atoms with E-state index >= 15 is 0 Å². The molecule has 1 aliphatic heterocycles. The Kier molecular flexibility index (Phi) is 7.97. The molecule has 0 aliphatic carbocycles. The van der Waals surface area contributed by atoms with Crippen LogP contribution in [0.1, 0.15) is 48.7 Å². The molecule has 3 rings (SSSR count). The topological polar surface area (TPSA) is 79.4 Å². The minimum Gasteiger partial charge on any atom is -0.352 e. The molecule has 1 N–H and O–H groups in total. The normalized spacial score (nSPS) is 16.7. The van der Waals surface area contributed by atoms with Crippen LogP contribution in [-0.4, -0.2) is 49.0 Å². The Labute approximate surface area is 194 Å². The number of sulfonamides is 1. The van der Waals surface area contributed by atoms with Gasteiger partial charge in [-0.25, -0.2) is 12.7 Å². The third kappa shape index (κ3) is 5.58. The van der Waals surface area contributed by atoms with Gasteiger partial charge in [0.1, 0.15) is 0 Å². The number of nitrogens with one attached hydrogen (secondary N) is 1. The van der Waals surface area contributed by atoms with Crippen LogP contribution >= 0.6 is 23.2 Å². The van der Waals surface area contributed by atoms with Crippen LogP contribution in [-0.2, 0) is 15.4 Å². The largest absolute Gasteiger partial charge is 0.352 e. The molecule has 31 heavy (non-hydrogen) atoms. The van der Waals surface area contributed by atoms with Crippen LogP contribution in [0.15, 0.2) is 42.6 Å². The van der Waals surface area contributed by atoms with Crippen molar-refractivity contribution in [2.45, 2.75) is 38.0 Å². The predicted octanol–water partition coefficient (Wildman–Crippen LogP) is 4.28. The van der Waals surface area contributed by atoms with Gasteiger partial charge in [-0.3, -0.25) is 9.78 Å². The smallest absolute Gasteiger partial charge is 0.254 e. The number of hydrogen-bond acceptors (Lipinski definition) is 4. The minimum atomic E-state index is -3.23. The van der Waals surface area contributed by atoms with E-state index < -0.39 is 10.0 Å². The Morgan fingerprint density at radius 3 is 2.39 bits per heavy atom. The molecule has 1 aromatic carbocycles. The van der Waals surface area contributed by atoms with Gasteiger partial charge in [-0.15, -0.1) is 0 Å². The summed E-state index contributed by atoms with van der Waals surface area (Å²) in [5, 5.41) is 3.53.